The Bertz CT molecular complexity index is 1120. The fraction of sp³-hybridized carbons (Fsp3) is 0. The van der Waals surface area contributed by atoms with Crippen LogP contribution >= 0.6 is 7.82 Å². The summed E-state index contributed by atoms with van der Waals surface area (Å²) in [6.45, 7) is 0. The number of hydrazine groups is 3. The van der Waals surface area contributed by atoms with E-state index in [1.165, 1.54) is 0 Å². The number of nitrogens with zero attached hydrogens (tertiary/aromatic N) is 3. The van der Waals surface area contributed by atoms with Gasteiger partial charge in [-0.1, -0.05) is 0 Å². The molecule has 0 heterocycles. The van der Waals surface area contributed by atoms with E-state index in [-0.39, 0.29) is 15.5 Å². The molecule has 0 saturated heterocycles. The van der Waals surface area contributed by atoms with Gasteiger partial charge in [0.15, 0.2) is 17.5 Å². The molecule has 6 N–H and O–H groups in total. The van der Waals surface area contributed by atoms with E-state index in [0.717, 1.165) is 36.4 Å². The van der Waals surface area contributed by atoms with E-state index in [9.17, 15) is 30.9 Å². The maximum Gasteiger partial charge on any atom is 0.543 e. The van der Waals surface area contributed by atoms with Gasteiger partial charge in [-0.25, -0.2) is 48.4 Å². The average molecular weight is 524 g/mol. The van der Waals surface area contributed by atoms with Gasteiger partial charge in [-0.05, 0) is 36.4 Å². The van der Waals surface area contributed by atoms with Gasteiger partial charge in [0, 0.05) is 18.2 Å². The summed E-state index contributed by atoms with van der Waals surface area (Å²) in [6, 6.07) is 5.81. The van der Waals surface area contributed by atoms with Crippen molar-refractivity contribution in [2.45, 2.75) is 0 Å². The van der Waals surface area contributed by atoms with Crippen molar-refractivity contribution < 1.29 is 44.8 Å². The minimum atomic E-state index is -5.36. The van der Waals surface area contributed by atoms with Crippen molar-refractivity contribution in [2.24, 2.45) is 17.5 Å². The van der Waals surface area contributed by atoms with Crippen molar-refractivity contribution in [2.75, 3.05) is 15.5 Å². The summed E-state index contributed by atoms with van der Waals surface area (Å²) in [7, 11) is -5.36. The zero-order valence-corrected chi connectivity index (χ0v) is 18.0. The fourth-order valence-corrected chi connectivity index (χ4v) is 3.48. The second-order valence-corrected chi connectivity index (χ2v) is 7.84. The highest BCUT2D eigenvalue weighted by Gasteiger charge is 2.38. The highest BCUT2D eigenvalue weighted by atomic mass is 31.2. The monoisotopic (exact) mass is 524 g/mol. The van der Waals surface area contributed by atoms with E-state index in [2.05, 4.69) is 0 Å². The molecule has 188 valence electrons. The summed E-state index contributed by atoms with van der Waals surface area (Å²) in [4.78, 5) is 0. The van der Waals surface area contributed by atoms with Gasteiger partial charge in [0.2, 0.25) is 0 Å². The van der Waals surface area contributed by atoms with Crippen LogP contribution in [0.1, 0.15) is 0 Å². The number of phosphoric acid groups is 1. The first-order valence-corrected chi connectivity index (χ1v) is 10.5. The lowest BCUT2D eigenvalue weighted by Gasteiger charge is -2.29. The number of hydrogen-bond donors (Lipinski definition) is 3. The fourth-order valence-electron chi connectivity index (χ4n) is 2.48. The quantitative estimate of drug-likeness (QED) is 0.164. The van der Waals surface area contributed by atoms with Crippen molar-refractivity contribution in [1.29, 1.82) is 0 Å². The lowest BCUT2D eigenvalue weighted by Crippen LogP contribution is -2.39. The van der Waals surface area contributed by atoms with Crippen LogP contribution < -0.4 is 33.0 Å². The second kappa shape index (κ2) is 10.5. The first-order valence-electron chi connectivity index (χ1n) is 9.07. The average Bonchev–Trinajstić information content (AvgIpc) is 2.72. The number of nitrogens with two attached hydrogens (primary N) is 3. The second-order valence-electron chi connectivity index (χ2n) is 6.46. The first kappa shape index (κ1) is 26.2. The SMILES string of the molecule is NN(OP(=O)(ON(N)c1ccc(F)cc1F)ON(N)c1ccc(F)cc1F)c1ccc(F)cc1F. The lowest BCUT2D eigenvalue weighted by atomic mass is 10.3. The Morgan fingerprint density at radius 2 is 0.800 bits per heavy atom. The summed E-state index contributed by atoms with van der Waals surface area (Å²) in [5.74, 6) is 9.69. The van der Waals surface area contributed by atoms with E-state index in [0.29, 0.717) is 18.2 Å². The molecule has 0 aliphatic carbocycles. The molecule has 0 amide bonds. The Balaban J connectivity index is 1.93. The van der Waals surface area contributed by atoms with Gasteiger partial charge in [0.1, 0.15) is 34.5 Å². The first-order chi connectivity index (χ1) is 16.4. The molecule has 3 rings (SSSR count). The summed E-state index contributed by atoms with van der Waals surface area (Å²) < 4.78 is 109. The van der Waals surface area contributed by atoms with Crippen LogP contribution in [0.2, 0.25) is 0 Å². The van der Waals surface area contributed by atoms with Crippen LogP contribution in [0.25, 0.3) is 0 Å². The van der Waals surface area contributed by atoms with Gasteiger partial charge in [0.25, 0.3) is 0 Å². The van der Waals surface area contributed by atoms with E-state index in [1.54, 1.807) is 0 Å². The highest BCUT2D eigenvalue weighted by Crippen LogP contribution is 2.52. The molecule has 0 aliphatic heterocycles. The van der Waals surface area contributed by atoms with E-state index < -0.39 is 59.8 Å². The Labute approximate surface area is 193 Å². The van der Waals surface area contributed by atoms with Crippen molar-refractivity contribution in [3.8, 4) is 0 Å². The number of anilines is 3. The predicted molar refractivity (Wildman–Crippen MR) is 110 cm³/mol. The number of rotatable bonds is 9. The summed E-state index contributed by atoms with van der Waals surface area (Å²) >= 11 is 0. The van der Waals surface area contributed by atoms with Crippen LogP contribution in [-0.2, 0) is 18.4 Å². The van der Waals surface area contributed by atoms with Crippen molar-refractivity contribution in [1.82, 2.24) is 0 Å². The molecule has 17 heteroatoms. The Kier molecular flexibility index (Phi) is 7.86. The van der Waals surface area contributed by atoms with Crippen LogP contribution in [0.5, 0.6) is 0 Å². The third-order valence-electron chi connectivity index (χ3n) is 4.01. The Hall–Kier alpha value is -3.37. The highest BCUT2D eigenvalue weighted by molar-refractivity contribution is 7.48. The maximum atomic E-state index is 14.1. The maximum absolute atomic E-state index is 14.1. The van der Waals surface area contributed by atoms with Crippen molar-refractivity contribution >= 4 is 24.9 Å². The molecular formula is C18H15F6N6O4P. The van der Waals surface area contributed by atoms with Gasteiger partial charge in [-0.2, -0.15) is 15.5 Å². The van der Waals surface area contributed by atoms with E-state index in [1.807, 2.05) is 0 Å². The topological polar surface area (TPSA) is 133 Å². The zero-order chi connectivity index (χ0) is 25.9. The van der Waals surface area contributed by atoms with Crippen molar-refractivity contribution in [3.05, 3.63) is 89.5 Å². The molecule has 0 bridgehead atoms. The number of halogens is 6. The van der Waals surface area contributed by atoms with Gasteiger partial charge >= 0.3 is 7.82 Å². The molecule has 0 spiro atoms. The van der Waals surface area contributed by atoms with Gasteiger partial charge < -0.3 is 0 Å². The summed E-state index contributed by atoms with van der Waals surface area (Å²) in [5.41, 5.74) is -2.11. The molecular weight excluding hydrogens is 509 g/mol. The van der Waals surface area contributed by atoms with Crippen LogP contribution in [-0.4, -0.2) is 0 Å². The van der Waals surface area contributed by atoms with Crippen LogP contribution in [0.3, 0.4) is 0 Å². The molecule has 0 unspecified atom stereocenters. The smallest absolute Gasteiger partial charge is 0.222 e. The van der Waals surface area contributed by atoms with E-state index in [4.69, 9.17) is 31.4 Å². The van der Waals surface area contributed by atoms with Crippen LogP contribution in [0, 0.1) is 34.9 Å². The van der Waals surface area contributed by atoms with Crippen LogP contribution in [0.4, 0.5) is 43.4 Å². The molecule has 0 saturated carbocycles. The Morgan fingerprint density at radius 1 is 0.543 bits per heavy atom. The van der Waals surface area contributed by atoms with Gasteiger partial charge in [-0.3, -0.25) is 0 Å². The Morgan fingerprint density at radius 3 is 1.03 bits per heavy atom. The third-order valence-corrected chi connectivity index (χ3v) is 5.13. The minimum absolute atomic E-state index is 0.0285. The molecule has 10 nitrogen and oxygen atoms in total. The van der Waals surface area contributed by atoms with E-state index >= 15 is 0 Å². The third kappa shape index (κ3) is 6.40. The molecule has 35 heavy (non-hydrogen) atoms. The standard InChI is InChI=1S/C18H15F6N6O4P/c19-10-1-4-16(13(22)7-10)28(25)32-35(31,33-29(26)17-5-2-11(20)8-14(17)23)34-30(27)18-6-3-12(21)9-15(18)24/h1-9H,25-27H2. The van der Waals surface area contributed by atoms with Gasteiger partial charge in [0.05, 0.1) is 0 Å². The largest absolute Gasteiger partial charge is 0.543 e. The van der Waals surface area contributed by atoms with Crippen LogP contribution in [0.15, 0.2) is 54.6 Å². The zero-order valence-electron chi connectivity index (χ0n) is 17.1. The normalized spacial score (nSPS) is 11.5. The lowest BCUT2D eigenvalue weighted by molar-refractivity contribution is 0.0845. The molecule has 3 aromatic rings. The molecule has 0 aromatic heterocycles. The van der Waals surface area contributed by atoms with Crippen molar-refractivity contribution in [3.63, 3.8) is 0 Å². The molecule has 0 radical (unpaired) electrons. The number of benzene rings is 3. The minimum Gasteiger partial charge on any atom is -0.222 e. The summed E-state index contributed by atoms with van der Waals surface area (Å²) in [6.07, 6.45) is 0. The molecule has 0 fully saturated rings. The number of hydrogen-bond acceptors (Lipinski definition) is 10. The van der Waals surface area contributed by atoms with Gasteiger partial charge in [-0.15, -0.1) is 13.9 Å². The molecule has 0 aliphatic rings. The predicted octanol–water partition coefficient (Wildman–Crippen LogP) is 3.86. The molecule has 0 atom stereocenters. The summed E-state index contributed by atoms with van der Waals surface area (Å²) in [5, 5.41) is -0.0855. The molecule has 3 aromatic carbocycles.